The number of carbonyl (C=O) groups excluding carboxylic acids is 1. The first-order valence-electron chi connectivity index (χ1n) is 6.76. The van der Waals surface area contributed by atoms with Crippen LogP contribution in [0, 0.1) is 0 Å². The molecule has 0 atom stereocenters. The summed E-state index contributed by atoms with van der Waals surface area (Å²) in [5.74, 6) is -0.375. The second-order valence-electron chi connectivity index (χ2n) is 4.56. The topological polar surface area (TPSA) is 108 Å². The van der Waals surface area contributed by atoms with Crippen LogP contribution in [0.15, 0.2) is 29.3 Å². The van der Waals surface area contributed by atoms with Crippen molar-refractivity contribution in [3.05, 3.63) is 40.6 Å². The summed E-state index contributed by atoms with van der Waals surface area (Å²) in [4.78, 5) is 23.6. The summed E-state index contributed by atoms with van der Waals surface area (Å²) < 4.78 is 3.06. The summed E-state index contributed by atoms with van der Waals surface area (Å²) in [6.07, 6.45) is 3.99. The fourth-order valence-electron chi connectivity index (χ4n) is 1.86. The molecule has 0 aliphatic heterocycles. The number of nitrogens with one attached hydrogen (secondary N) is 1. The normalized spacial score (nSPS) is 10.6. The predicted molar refractivity (Wildman–Crippen MR) is 78.0 cm³/mol. The molecule has 0 bridgehead atoms. The van der Waals surface area contributed by atoms with Crippen LogP contribution >= 0.6 is 0 Å². The van der Waals surface area contributed by atoms with Crippen LogP contribution in [0.4, 0.5) is 5.69 Å². The molecule has 21 heavy (non-hydrogen) atoms. The van der Waals surface area contributed by atoms with Gasteiger partial charge in [-0.05, 0) is 12.5 Å². The van der Waals surface area contributed by atoms with Crippen LogP contribution in [0.1, 0.15) is 23.8 Å². The minimum absolute atomic E-state index is 0.0938. The number of anilines is 1. The first-order valence-corrected chi connectivity index (χ1v) is 6.76. The molecule has 0 aliphatic carbocycles. The van der Waals surface area contributed by atoms with Crippen LogP contribution in [-0.4, -0.2) is 32.0 Å². The Labute approximate surface area is 121 Å². The molecule has 112 valence electrons. The lowest BCUT2D eigenvalue weighted by atomic mass is 10.3. The number of carbonyl (C=O) groups is 1. The smallest absolute Gasteiger partial charge is 0.277 e. The van der Waals surface area contributed by atoms with Gasteiger partial charge in [-0.25, -0.2) is 0 Å². The Morgan fingerprint density at radius 1 is 1.33 bits per heavy atom. The van der Waals surface area contributed by atoms with Gasteiger partial charge in [-0.1, -0.05) is 12.1 Å². The molecule has 0 saturated heterocycles. The first-order chi connectivity index (χ1) is 10.1. The molecule has 2 aromatic rings. The van der Waals surface area contributed by atoms with Crippen molar-refractivity contribution in [1.82, 2.24) is 19.6 Å². The maximum Gasteiger partial charge on any atom is 0.277 e. The number of nitrogens with zero attached hydrogens (tertiary/aromatic N) is 4. The number of pyridine rings is 1. The Morgan fingerprint density at radius 3 is 2.86 bits per heavy atom. The predicted octanol–water partition coefficient (Wildman–Crippen LogP) is 0.0608. The van der Waals surface area contributed by atoms with Gasteiger partial charge in [-0.2, -0.15) is 0 Å². The fraction of sp³-hybridized carbons (Fsp3) is 0.385. The third kappa shape index (κ3) is 3.76. The molecule has 1 amide bonds. The van der Waals surface area contributed by atoms with Crippen molar-refractivity contribution in [3.63, 3.8) is 0 Å². The molecule has 0 saturated carbocycles. The third-order valence-electron chi connectivity index (χ3n) is 2.84. The Morgan fingerprint density at radius 2 is 2.14 bits per heavy atom. The largest absolute Gasteiger partial charge is 0.329 e. The molecule has 0 radical (unpaired) electrons. The quantitative estimate of drug-likeness (QED) is 0.782. The van der Waals surface area contributed by atoms with Crippen molar-refractivity contribution in [3.8, 4) is 0 Å². The van der Waals surface area contributed by atoms with Gasteiger partial charge in [0.2, 0.25) is 0 Å². The van der Waals surface area contributed by atoms with Gasteiger partial charge in [0.05, 0.1) is 18.4 Å². The lowest BCUT2D eigenvalue weighted by Crippen LogP contribution is -2.20. The van der Waals surface area contributed by atoms with E-state index in [1.165, 1.54) is 16.9 Å². The number of amides is 1. The van der Waals surface area contributed by atoms with Gasteiger partial charge in [0.15, 0.2) is 5.69 Å². The highest BCUT2D eigenvalue weighted by molar-refractivity contribution is 6.02. The zero-order chi connectivity index (χ0) is 15.2. The van der Waals surface area contributed by atoms with E-state index in [1.54, 1.807) is 16.8 Å². The monoisotopic (exact) mass is 290 g/mol. The molecule has 8 heteroatoms. The van der Waals surface area contributed by atoms with Gasteiger partial charge in [0.1, 0.15) is 0 Å². The average molecular weight is 290 g/mol. The zero-order valence-electron chi connectivity index (χ0n) is 11.8. The van der Waals surface area contributed by atoms with Gasteiger partial charge in [0, 0.05) is 25.4 Å². The number of rotatable bonds is 6. The zero-order valence-corrected chi connectivity index (χ0v) is 11.8. The van der Waals surface area contributed by atoms with Crippen molar-refractivity contribution < 1.29 is 4.79 Å². The van der Waals surface area contributed by atoms with Crippen molar-refractivity contribution in [2.75, 3.05) is 11.9 Å². The van der Waals surface area contributed by atoms with E-state index in [-0.39, 0.29) is 17.2 Å². The summed E-state index contributed by atoms with van der Waals surface area (Å²) in [5.41, 5.74) is 6.06. The Kier molecular flexibility index (Phi) is 4.83. The van der Waals surface area contributed by atoms with Gasteiger partial charge in [-0.3, -0.25) is 14.3 Å². The molecule has 0 fully saturated rings. The molecule has 0 aromatic carbocycles. The number of hydrogen-bond donors (Lipinski definition) is 2. The van der Waals surface area contributed by atoms with E-state index in [9.17, 15) is 9.59 Å². The van der Waals surface area contributed by atoms with E-state index in [2.05, 4.69) is 15.6 Å². The molecule has 0 spiro atoms. The highest BCUT2D eigenvalue weighted by atomic mass is 16.2. The standard InChI is InChI=1S/C13H18N6O2/c1-2-6-18-8-10(3-4-12(18)20)15-13(21)11-9-19(7-5-14)17-16-11/h3-4,8-9H,2,5-7,14H2,1H3,(H,15,21). The minimum atomic E-state index is -0.375. The molecule has 2 aromatic heterocycles. The van der Waals surface area contributed by atoms with Gasteiger partial charge >= 0.3 is 0 Å². The molecule has 0 unspecified atom stereocenters. The van der Waals surface area contributed by atoms with Crippen LogP contribution in [0.5, 0.6) is 0 Å². The van der Waals surface area contributed by atoms with Gasteiger partial charge in [0.25, 0.3) is 11.5 Å². The van der Waals surface area contributed by atoms with E-state index < -0.39 is 0 Å². The van der Waals surface area contributed by atoms with Crippen molar-refractivity contribution >= 4 is 11.6 Å². The molecular weight excluding hydrogens is 272 g/mol. The van der Waals surface area contributed by atoms with Crippen LogP contribution in [0.25, 0.3) is 0 Å². The van der Waals surface area contributed by atoms with E-state index in [0.717, 1.165) is 6.42 Å². The second kappa shape index (κ2) is 6.80. The molecule has 2 heterocycles. The van der Waals surface area contributed by atoms with Crippen LogP contribution < -0.4 is 16.6 Å². The summed E-state index contributed by atoms with van der Waals surface area (Å²) >= 11 is 0. The fourth-order valence-corrected chi connectivity index (χ4v) is 1.86. The number of hydrogen-bond acceptors (Lipinski definition) is 5. The maximum atomic E-state index is 12.0. The summed E-state index contributed by atoms with van der Waals surface area (Å²) in [5, 5.41) is 10.3. The highest BCUT2D eigenvalue weighted by Gasteiger charge is 2.11. The van der Waals surface area contributed by atoms with Crippen LogP contribution in [-0.2, 0) is 13.1 Å². The molecule has 2 rings (SSSR count). The Hall–Kier alpha value is -2.48. The summed E-state index contributed by atoms with van der Waals surface area (Å²) in [6, 6.07) is 2.99. The van der Waals surface area contributed by atoms with E-state index in [0.29, 0.717) is 25.3 Å². The maximum absolute atomic E-state index is 12.0. The van der Waals surface area contributed by atoms with E-state index >= 15 is 0 Å². The number of aromatic nitrogens is 4. The number of aryl methyl sites for hydroxylation is 1. The SMILES string of the molecule is CCCn1cc(NC(=O)c2cn(CCN)nn2)ccc1=O. The lowest BCUT2D eigenvalue weighted by molar-refractivity contribution is 0.102. The molecule has 0 aliphatic rings. The van der Waals surface area contributed by atoms with E-state index in [4.69, 9.17) is 5.73 Å². The van der Waals surface area contributed by atoms with E-state index in [1.807, 2.05) is 6.92 Å². The van der Waals surface area contributed by atoms with Gasteiger partial charge in [-0.15, -0.1) is 5.10 Å². The lowest BCUT2D eigenvalue weighted by Gasteiger charge is -2.07. The third-order valence-corrected chi connectivity index (χ3v) is 2.84. The van der Waals surface area contributed by atoms with Crippen molar-refractivity contribution in [1.29, 1.82) is 0 Å². The van der Waals surface area contributed by atoms with Crippen LogP contribution in [0.3, 0.4) is 0 Å². The molecule has 3 N–H and O–H groups in total. The number of nitrogens with two attached hydrogens (primary N) is 1. The summed E-state index contributed by atoms with van der Waals surface area (Å²) in [6.45, 7) is 3.51. The molecular formula is C13H18N6O2. The minimum Gasteiger partial charge on any atom is -0.329 e. The summed E-state index contributed by atoms with van der Waals surface area (Å²) in [7, 11) is 0. The average Bonchev–Trinajstić information content (AvgIpc) is 2.92. The Balaban J connectivity index is 2.11. The van der Waals surface area contributed by atoms with Crippen LogP contribution in [0.2, 0.25) is 0 Å². The molecule has 8 nitrogen and oxygen atoms in total. The first kappa shape index (κ1) is 14.9. The second-order valence-corrected chi connectivity index (χ2v) is 4.56. The highest BCUT2D eigenvalue weighted by Crippen LogP contribution is 2.06. The van der Waals surface area contributed by atoms with Crippen molar-refractivity contribution in [2.24, 2.45) is 5.73 Å². The van der Waals surface area contributed by atoms with Gasteiger partial charge < -0.3 is 15.6 Å². The Bertz CT molecular complexity index is 675. The van der Waals surface area contributed by atoms with Crippen molar-refractivity contribution in [2.45, 2.75) is 26.4 Å².